The van der Waals surface area contributed by atoms with Gasteiger partial charge in [0.1, 0.15) is 0 Å². The molecule has 174 valence electrons. The Morgan fingerprint density at radius 3 is 2.09 bits per heavy atom. The van der Waals surface area contributed by atoms with E-state index >= 15 is 0 Å². The van der Waals surface area contributed by atoms with Crippen LogP contribution in [0.5, 0.6) is 0 Å². The number of para-hydroxylation sites is 1. The second-order valence-corrected chi connectivity index (χ2v) is 10.7. The average molecular weight is 457 g/mol. The molecule has 1 aliphatic rings. The molecule has 1 amide bonds. The smallest absolute Gasteiger partial charge is 0.251 e. The number of hydrogen-bond acceptors (Lipinski definition) is 3. The second-order valence-electron chi connectivity index (χ2n) is 8.81. The second kappa shape index (κ2) is 11.0. The van der Waals surface area contributed by atoms with Crippen LogP contribution >= 0.6 is 0 Å². The largest absolute Gasteiger partial charge is 0.352 e. The molecular formula is C26H36N2O3S. The summed E-state index contributed by atoms with van der Waals surface area (Å²) < 4.78 is 27.0. The summed E-state index contributed by atoms with van der Waals surface area (Å²) in [6.45, 7) is 5.06. The summed E-state index contributed by atoms with van der Waals surface area (Å²) in [4.78, 5) is 12.6. The van der Waals surface area contributed by atoms with E-state index in [0.717, 1.165) is 41.8 Å². The molecular weight excluding hydrogens is 420 g/mol. The van der Waals surface area contributed by atoms with Gasteiger partial charge in [-0.2, -0.15) is 0 Å². The van der Waals surface area contributed by atoms with E-state index in [9.17, 15) is 13.2 Å². The van der Waals surface area contributed by atoms with Gasteiger partial charge in [-0.3, -0.25) is 9.10 Å². The Morgan fingerprint density at radius 2 is 1.56 bits per heavy atom. The summed E-state index contributed by atoms with van der Waals surface area (Å²) in [7, 11) is -3.47. The summed E-state index contributed by atoms with van der Waals surface area (Å²) >= 11 is 0. The van der Waals surface area contributed by atoms with E-state index in [1.165, 1.54) is 42.7 Å². The highest BCUT2D eigenvalue weighted by molar-refractivity contribution is 7.92. The Balaban J connectivity index is 1.75. The number of nitrogens with one attached hydrogen (secondary N) is 1. The van der Waals surface area contributed by atoms with Gasteiger partial charge >= 0.3 is 0 Å². The van der Waals surface area contributed by atoms with Gasteiger partial charge in [-0.25, -0.2) is 8.42 Å². The molecule has 5 nitrogen and oxygen atoms in total. The topological polar surface area (TPSA) is 66.5 Å². The van der Waals surface area contributed by atoms with E-state index in [0.29, 0.717) is 11.5 Å². The van der Waals surface area contributed by atoms with E-state index in [4.69, 9.17) is 0 Å². The maximum Gasteiger partial charge on any atom is 0.251 e. The predicted octanol–water partition coefficient (Wildman–Crippen LogP) is 5.09. The van der Waals surface area contributed by atoms with Crippen molar-refractivity contribution in [2.45, 2.75) is 65.3 Å². The molecule has 3 rings (SSSR count). The van der Waals surface area contributed by atoms with E-state index in [2.05, 4.69) is 5.32 Å². The Hall–Kier alpha value is -2.34. The highest BCUT2D eigenvalue weighted by Crippen LogP contribution is 2.30. The predicted molar refractivity (Wildman–Crippen MR) is 132 cm³/mol. The summed E-state index contributed by atoms with van der Waals surface area (Å²) in [5.41, 5.74) is 4.29. The minimum Gasteiger partial charge on any atom is -0.352 e. The van der Waals surface area contributed by atoms with Crippen molar-refractivity contribution in [3.8, 4) is 0 Å². The normalized spacial score (nSPS) is 14.8. The lowest BCUT2D eigenvalue weighted by atomic mass is 9.89. The zero-order valence-corrected chi connectivity index (χ0v) is 20.4. The minimum atomic E-state index is -3.47. The van der Waals surface area contributed by atoms with Gasteiger partial charge in [0.15, 0.2) is 0 Å². The molecule has 0 atom stereocenters. The summed E-state index contributed by atoms with van der Waals surface area (Å²) in [6.07, 6.45) is 8.98. The molecule has 0 aliphatic heterocycles. The molecule has 2 aromatic carbocycles. The lowest BCUT2D eigenvalue weighted by molar-refractivity contribution is 0.0943. The number of aryl methyl sites for hydroxylation is 2. The third-order valence-corrected chi connectivity index (χ3v) is 7.55. The van der Waals surface area contributed by atoms with Gasteiger partial charge in [-0.05, 0) is 60.4 Å². The lowest BCUT2D eigenvalue weighted by Crippen LogP contribution is -2.31. The number of carbonyl (C=O) groups is 1. The molecule has 1 fully saturated rings. The molecule has 0 aromatic heterocycles. The van der Waals surface area contributed by atoms with Crippen LogP contribution in [0.15, 0.2) is 42.5 Å². The molecule has 2 aromatic rings. The van der Waals surface area contributed by atoms with E-state index in [1.807, 2.05) is 44.2 Å². The number of hydrogen-bond donors (Lipinski definition) is 1. The Kier molecular flexibility index (Phi) is 8.35. The molecule has 1 aliphatic carbocycles. The first-order valence-corrected chi connectivity index (χ1v) is 13.6. The van der Waals surface area contributed by atoms with Gasteiger partial charge in [0.2, 0.25) is 10.0 Å². The number of amides is 1. The number of carbonyl (C=O) groups excluding carboxylic acids is 1. The van der Waals surface area contributed by atoms with Gasteiger partial charge in [0.25, 0.3) is 5.91 Å². The first-order valence-electron chi connectivity index (χ1n) is 11.8. The van der Waals surface area contributed by atoms with Crippen LogP contribution in [-0.2, 0) is 29.4 Å². The van der Waals surface area contributed by atoms with Crippen molar-refractivity contribution in [3.05, 3.63) is 64.7 Å². The highest BCUT2D eigenvalue weighted by atomic mass is 32.2. The van der Waals surface area contributed by atoms with Crippen molar-refractivity contribution in [1.29, 1.82) is 0 Å². The van der Waals surface area contributed by atoms with Crippen molar-refractivity contribution in [2.75, 3.05) is 17.1 Å². The molecule has 0 saturated heterocycles. The van der Waals surface area contributed by atoms with Crippen LogP contribution in [0.4, 0.5) is 5.69 Å². The molecule has 0 unspecified atom stereocenters. The van der Waals surface area contributed by atoms with Gasteiger partial charge in [-0.1, -0.05) is 63.4 Å². The SMILES string of the molecule is CCc1cccc(CC)c1N(Cc1ccc(C(=O)NCC2CCCCC2)cc1)S(C)(=O)=O. The van der Waals surface area contributed by atoms with Crippen molar-refractivity contribution >= 4 is 21.6 Å². The zero-order valence-electron chi connectivity index (χ0n) is 19.6. The van der Waals surface area contributed by atoms with Crippen LogP contribution in [0.25, 0.3) is 0 Å². The van der Waals surface area contributed by atoms with E-state index in [-0.39, 0.29) is 12.5 Å². The fourth-order valence-electron chi connectivity index (χ4n) is 4.56. The molecule has 0 spiro atoms. The highest BCUT2D eigenvalue weighted by Gasteiger charge is 2.23. The van der Waals surface area contributed by atoms with Crippen molar-refractivity contribution < 1.29 is 13.2 Å². The number of rotatable bonds is 9. The molecule has 0 bridgehead atoms. The Labute approximate surface area is 193 Å². The van der Waals surface area contributed by atoms with Crippen LogP contribution in [0.2, 0.25) is 0 Å². The number of benzene rings is 2. The van der Waals surface area contributed by atoms with Gasteiger partial charge in [0.05, 0.1) is 18.5 Å². The summed E-state index contributed by atoms with van der Waals surface area (Å²) in [5.74, 6) is 0.522. The van der Waals surface area contributed by atoms with Crippen LogP contribution in [0, 0.1) is 5.92 Å². The van der Waals surface area contributed by atoms with Crippen LogP contribution in [0.3, 0.4) is 0 Å². The van der Waals surface area contributed by atoms with Crippen molar-refractivity contribution in [2.24, 2.45) is 5.92 Å². The van der Waals surface area contributed by atoms with Crippen LogP contribution in [0.1, 0.15) is 73.0 Å². The van der Waals surface area contributed by atoms with Gasteiger partial charge < -0.3 is 5.32 Å². The number of anilines is 1. The first kappa shape index (κ1) is 24.3. The standard InChI is InChI=1S/C26H36N2O3S/c1-4-22-12-9-13-23(5-2)25(22)28(32(3,30)31)19-21-14-16-24(17-15-21)26(29)27-18-20-10-7-6-8-11-20/h9,12-17,20H,4-8,10-11,18-19H2,1-3H3,(H,27,29). The third-order valence-electron chi connectivity index (χ3n) is 6.43. The van der Waals surface area contributed by atoms with E-state index in [1.54, 1.807) is 12.1 Å². The lowest BCUT2D eigenvalue weighted by Gasteiger charge is -2.27. The fourth-order valence-corrected chi connectivity index (χ4v) is 5.51. The molecule has 32 heavy (non-hydrogen) atoms. The maximum atomic E-state index is 12.7. The molecule has 1 N–H and O–H groups in total. The minimum absolute atomic E-state index is 0.0632. The number of nitrogens with zero attached hydrogens (tertiary/aromatic N) is 1. The first-order chi connectivity index (χ1) is 15.3. The van der Waals surface area contributed by atoms with Crippen molar-refractivity contribution in [1.82, 2.24) is 5.32 Å². The molecule has 0 radical (unpaired) electrons. The molecule has 1 saturated carbocycles. The maximum absolute atomic E-state index is 12.7. The van der Waals surface area contributed by atoms with Gasteiger partial charge in [-0.15, -0.1) is 0 Å². The average Bonchev–Trinajstić information content (AvgIpc) is 2.80. The third kappa shape index (κ3) is 6.12. The van der Waals surface area contributed by atoms with Crippen molar-refractivity contribution in [3.63, 3.8) is 0 Å². The Morgan fingerprint density at radius 1 is 0.969 bits per heavy atom. The zero-order chi connectivity index (χ0) is 23.1. The monoisotopic (exact) mass is 456 g/mol. The fraction of sp³-hybridized carbons (Fsp3) is 0.500. The number of sulfonamides is 1. The van der Waals surface area contributed by atoms with Crippen LogP contribution in [-0.4, -0.2) is 27.1 Å². The van der Waals surface area contributed by atoms with E-state index < -0.39 is 10.0 Å². The Bertz CT molecular complexity index is 988. The summed E-state index contributed by atoms with van der Waals surface area (Å²) in [6, 6.07) is 13.3. The van der Waals surface area contributed by atoms with Gasteiger partial charge in [0, 0.05) is 12.1 Å². The molecule has 0 heterocycles. The van der Waals surface area contributed by atoms with Crippen LogP contribution < -0.4 is 9.62 Å². The summed E-state index contributed by atoms with van der Waals surface area (Å²) in [5, 5.41) is 3.06. The molecule has 6 heteroatoms. The quantitative estimate of drug-likeness (QED) is 0.572.